The number of aryl methyl sites for hydroxylation is 1. The number of ether oxygens (including phenoxy) is 1. The average Bonchev–Trinajstić information content (AvgIpc) is 2.48. The molecule has 0 fully saturated rings. The van der Waals surface area contributed by atoms with Gasteiger partial charge < -0.3 is 10.1 Å². The summed E-state index contributed by atoms with van der Waals surface area (Å²) in [6.45, 7) is 1.84. The van der Waals surface area contributed by atoms with Gasteiger partial charge in [-0.3, -0.25) is 9.78 Å². The van der Waals surface area contributed by atoms with Gasteiger partial charge in [0.05, 0.1) is 28.9 Å². The lowest BCUT2D eigenvalue weighted by Gasteiger charge is -2.11. The minimum atomic E-state index is -0.522. The summed E-state index contributed by atoms with van der Waals surface area (Å²) >= 11 is 5.95. The predicted octanol–water partition coefficient (Wildman–Crippen LogP) is 3.08. The molecule has 0 aliphatic carbocycles. The number of carbonyl (C=O) groups excluding carboxylic acids is 2. The van der Waals surface area contributed by atoms with E-state index in [1.807, 2.05) is 6.92 Å². The van der Waals surface area contributed by atoms with E-state index in [0.29, 0.717) is 5.69 Å². The van der Waals surface area contributed by atoms with Crippen molar-refractivity contribution in [3.8, 4) is 0 Å². The molecule has 0 aliphatic rings. The second kappa shape index (κ2) is 6.37. The van der Waals surface area contributed by atoms with Gasteiger partial charge in [-0.05, 0) is 25.1 Å². The van der Waals surface area contributed by atoms with Crippen molar-refractivity contribution in [1.29, 1.82) is 0 Å². The van der Waals surface area contributed by atoms with Gasteiger partial charge in [0.25, 0.3) is 5.91 Å². The van der Waals surface area contributed by atoms with Gasteiger partial charge in [0.15, 0.2) is 0 Å². The highest BCUT2D eigenvalue weighted by atomic mass is 35.5. The zero-order valence-corrected chi connectivity index (χ0v) is 12.3. The number of pyridine rings is 1. The molecule has 108 valence electrons. The lowest BCUT2D eigenvalue weighted by atomic mass is 10.1. The maximum absolute atomic E-state index is 12.2. The number of hydrogen-bond donors (Lipinski definition) is 1. The molecule has 1 N–H and O–H groups in total. The fourth-order valence-electron chi connectivity index (χ4n) is 1.78. The Morgan fingerprint density at radius 2 is 2.00 bits per heavy atom. The van der Waals surface area contributed by atoms with Crippen molar-refractivity contribution in [2.24, 2.45) is 0 Å². The summed E-state index contributed by atoms with van der Waals surface area (Å²) in [6.07, 6.45) is 2.86. The van der Waals surface area contributed by atoms with Gasteiger partial charge in [-0.15, -0.1) is 0 Å². The van der Waals surface area contributed by atoms with Crippen molar-refractivity contribution < 1.29 is 14.3 Å². The third kappa shape index (κ3) is 3.38. The van der Waals surface area contributed by atoms with Gasteiger partial charge in [-0.2, -0.15) is 0 Å². The highest BCUT2D eigenvalue weighted by Gasteiger charge is 2.16. The van der Waals surface area contributed by atoms with Crippen molar-refractivity contribution in [2.45, 2.75) is 6.92 Å². The first-order valence-electron chi connectivity index (χ1n) is 6.12. The van der Waals surface area contributed by atoms with Crippen LogP contribution >= 0.6 is 11.6 Å². The highest BCUT2D eigenvalue weighted by Crippen LogP contribution is 2.21. The van der Waals surface area contributed by atoms with Crippen LogP contribution in [-0.4, -0.2) is 24.0 Å². The summed E-state index contributed by atoms with van der Waals surface area (Å²) in [5.41, 5.74) is 1.76. The largest absolute Gasteiger partial charge is 0.465 e. The van der Waals surface area contributed by atoms with Gasteiger partial charge >= 0.3 is 5.97 Å². The Morgan fingerprint density at radius 3 is 2.67 bits per heavy atom. The molecule has 0 radical (unpaired) electrons. The van der Waals surface area contributed by atoms with Gasteiger partial charge in [-0.1, -0.05) is 23.2 Å². The lowest BCUT2D eigenvalue weighted by molar-refractivity contribution is 0.0602. The van der Waals surface area contributed by atoms with E-state index in [0.717, 1.165) is 5.56 Å². The molecule has 0 saturated carbocycles. The van der Waals surface area contributed by atoms with Crippen LogP contribution < -0.4 is 5.32 Å². The Kier molecular flexibility index (Phi) is 4.55. The maximum Gasteiger partial charge on any atom is 0.339 e. The van der Waals surface area contributed by atoms with Crippen LogP contribution in [0.1, 0.15) is 26.3 Å². The number of nitrogens with one attached hydrogen (secondary N) is 1. The third-order valence-electron chi connectivity index (χ3n) is 2.84. The molecule has 0 unspecified atom stereocenters. The van der Waals surface area contributed by atoms with Crippen LogP contribution in [0.25, 0.3) is 0 Å². The fraction of sp³-hybridized carbons (Fsp3) is 0.133. The van der Waals surface area contributed by atoms with E-state index in [1.165, 1.54) is 25.6 Å². The van der Waals surface area contributed by atoms with E-state index < -0.39 is 11.9 Å². The Hall–Kier alpha value is -2.40. The summed E-state index contributed by atoms with van der Waals surface area (Å²) < 4.78 is 4.71. The number of nitrogens with zero attached hydrogens (tertiary/aromatic N) is 1. The van der Waals surface area contributed by atoms with Gasteiger partial charge in [0.2, 0.25) is 0 Å². The molecule has 0 bridgehead atoms. The third-order valence-corrected chi connectivity index (χ3v) is 3.17. The molecule has 0 atom stereocenters. The van der Waals surface area contributed by atoms with Crippen LogP contribution in [0.15, 0.2) is 36.7 Å². The Bertz CT molecular complexity index is 701. The number of hydrogen-bond acceptors (Lipinski definition) is 4. The van der Waals surface area contributed by atoms with Crippen LogP contribution in [0.5, 0.6) is 0 Å². The minimum absolute atomic E-state index is 0.232. The van der Waals surface area contributed by atoms with E-state index in [-0.39, 0.29) is 16.1 Å². The van der Waals surface area contributed by atoms with E-state index in [4.69, 9.17) is 16.3 Å². The van der Waals surface area contributed by atoms with Crippen molar-refractivity contribution in [3.05, 3.63) is 58.4 Å². The summed E-state index contributed by atoms with van der Waals surface area (Å²) in [5, 5.41) is 2.93. The average molecular weight is 305 g/mol. The quantitative estimate of drug-likeness (QED) is 0.885. The Balaban J connectivity index is 2.34. The molecule has 1 aromatic heterocycles. The summed E-state index contributed by atoms with van der Waals surface area (Å²) in [5.74, 6) is -0.964. The van der Waals surface area contributed by atoms with Crippen LogP contribution in [0.3, 0.4) is 0 Å². The molecule has 5 nitrogen and oxygen atoms in total. The SMILES string of the molecule is COC(=O)c1cc(C)ccc1NC(=O)c1cnccc1Cl. The minimum Gasteiger partial charge on any atom is -0.465 e. The summed E-state index contributed by atoms with van der Waals surface area (Å²) in [6, 6.07) is 6.59. The van der Waals surface area contributed by atoms with E-state index in [1.54, 1.807) is 18.2 Å². The van der Waals surface area contributed by atoms with Crippen molar-refractivity contribution >= 4 is 29.2 Å². The number of anilines is 1. The number of amides is 1. The molecular weight excluding hydrogens is 292 g/mol. The summed E-state index contributed by atoms with van der Waals surface area (Å²) in [7, 11) is 1.29. The van der Waals surface area contributed by atoms with Gasteiger partial charge in [0, 0.05) is 12.4 Å². The van der Waals surface area contributed by atoms with Crippen molar-refractivity contribution in [1.82, 2.24) is 4.98 Å². The molecule has 2 aromatic rings. The molecule has 0 saturated heterocycles. The number of aromatic nitrogens is 1. The van der Waals surface area contributed by atoms with Gasteiger partial charge in [-0.25, -0.2) is 4.79 Å². The molecule has 1 amide bonds. The molecule has 1 heterocycles. The molecule has 0 spiro atoms. The normalized spacial score (nSPS) is 10.0. The molecule has 2 rings (SSSR count). The highest BCUT2D eigenvalue weighted by molar-refractivity contribution is 6.34. The standard InChI is InChI=1S/C15H13ClN2O3/c1-9-3-4-13(10(7-9)15(20)21-2)18-14(19)11-8-17-6-5-12(11)16/h3-8H,1-2H3,(H,18,19). The first kappa shape index (κ1) is 15.0. The molecule has 21 heavy (non-hydrogen) atoms. The monoisotopic (exact) mass is 304 g/mol. The van der Waals surface area contributed by atoms with Crippen molar-refractivity contribution in [3.63, 3.8) is 0 Å². The number of rotatable bonds is 3. The second-order valence-electron chi connectivity index (χ2n) is 4.35. The van der Waals surface area contributed by atoms with E-state index >= 15 is 0 Å². The lowest BCUT2D eigenvalue weighted by Crippen LogP contribution is -2.16. The Morgan fingerprint density at radius 1 is 1.24 bits per heavy atom. The van der Waals surface area contributed by atoms with Crippen LogP contribution in [-0.2, 0) is 4.74 Å². The maximum atomic E-state index is 12.2. The molecular formula is C15H13ClN2O3. The second-order valence-corrected chi connectivity index (χ2v) is 4.76. The summed E-state index contributed by atoms with van der Waals surface area (Å²) in [4.78, 5) is 27.8. The molecule has 0 aliphatic heterocycles. The Labute approximate surface area is 126 Å². The number of esters is 1. The van der Waals surface area contributed by atoms with Gasteiger partial charge in [0.1, 0.15) is 0 Å². The van der Waals surface area contributed by atoms with Crippen LogP contribution in [0.2, 0.25) is 5.02 Å². The zero-order chi connectivity index (χ0) is 15.4. The van der Waals surface area contributed by atoms with Crippen molar-refractivity contribution in [2.75, 3.05) is 12.4 Å². The number of methoxy groups -OCH3 is 1. The number of carbonyl (C=O) groups is 2. The van der Waals surface area contributed by atoms with Crippen LogP contribution in [0.4, 0.5) is 5.69 Å². The van der Waals surface area contributed by atoms with E-state index in [2.05, 4.69) is 10.3 Å². The van der Waals surface area contributed by atoms with E-state index in [9.17, 15) is 9.59 Å². The number of halogens is 1. The number of benzene rings is 1. The zero-order valence-electron chi connectivity index (χ0n) is 11.5. The first-order chi connectivity index (χ1) is 10.0. The smallest absolute Gasteiger partial charge is 0.339 e. The first-order valence-corrected chi connectivity index (χ1v) is 6.50. The predicted molar refractivity (Wildman–Crippen MR) is 79.7 cm³/mol. The molecule has 6 heteroatoms. The fourth-order valence-corrected chi connectivity index (χ4v) is 1.97. The molecule has 1 aromatic carbocycles. The van der Waals surface area contributed by atoms with Crippen LogP contribution in [0, 0.1) is 6.92 Å². The topological polar surface area (TPSA) is 68.3 Å².